The van der Waals surface area contributed by atoms with Crippen LogP contribution in [0.5, 0.6) is 5.75 Å². The van der Waals surface area contributed by atoms with Crippen LogP contribution in [0.4, 0.5) is 0 Å². The molecule has 5 rings (SSSR count). The fraction of sp³-hybridized carbons (Fsp3) is 0.250. The Morgan fingerprint density at radius 2 is 1.74 bits per heavy atom. The molecule has 10 nitrogen and oxygen atoms in total. The summed E-state index contributed by atoms with van der Waals surface area (Å²) in [4.78, 5) is 25.5. The van der Waals surface area contributed by atoms with Gasteiger partial charge in [0.25, 0.3) is 15.9 Å². The van der Waals surface area contributed by atoms with E-state index in [1.807, 2.05) is 0 Å². The minimum absolute atomic E-state index is 0.0268. The number of sulfonamides is 1. The number of esters is 1. The van der Waals surface area contributed by atoms with Gasteiger partial charge in [0, 0.05) is 16.5 Å². The Labute approximate surface area is 225 Å². The second-order valence-corrected chi connectivity index (χ2v) is 11.0. The number of hydrogen-bond acceptors (Lipinski definition) is 8. The van der Waals surface area contributed by atoms with E-state index in [0.717, 1.165) is 31.1 Å². The molecule has 0 radical (unpaired) electrons. The Morgan fingerprint density at radius 1 is 1.03 bits per heavy atom. The van der Waals surface area contributed by atoms with E-state index in [1.54, 1.807) is 53.3 Å². The molecule has 0 spiro atoms. The maximum Gasteiger partial charge on any atom is 0.338 e. The van der Waals surface area contributed by atoms with Crippen LogP contribution in [-0.2, 0) is 14.8 Å². The van der Waals surface area contributed by atoms with E-state index < -0.39 is 22.1 Å². The molecule has 0 saturated heterocycles. The van der Waals surface area contributed by atoms with Crippen LogP contribution in [0.1, 0.15) is 58.1 Å². The third kappa shape index (κ3) is 5.50. The molecule has 1 heterocycles. The molecule has 1 aliphatic carbocycles. The van der Waals surface area contributed by atoms with Crippen LogP contribution < -0.4 is 15.2 Å². The highest BCUT2D eigenvalue weighted by molar-refractivity contribution is 7.90. The molecule has 11 heteroatoms. The van der Waals surface area contributed by atoms with E-state index >= 15 is 0 Å². The van der Waals surface area contributed by atoms with Gasteiger partial charge in [-0.2, -0.15) is 5.10 Å². The summed E-state index contributed by atoms with van der Waals surface area (Å²) in [5.74, 6) is -0.927. The number of rotatable bonds is 8. The molecule has 1 unspecified atom stereocenters. The van der Waals surface area contributed by atoms with E-state index in [9.17, 15) is 18.0 Å². The lowest BCUT2D eigenvalue weighted by atomic mass is 10.1. The molecule has 1 saturated carbocycles. The van der Waals surface area contributed by atoms with Crippen LogP contribution in [0.3, 0.4) is 0 Å². The number of fused-ring (bicyclic) bond motifs is 1. The molecule has 1 amide bonds. The van der Waals surface area contributed by atoms with Gasteiger partial charge in [0.1, 0.15) is 18.0 Å². The quantitative estimate of drug-likeness (QED) is 0.317. The zero-order valence-corrected chi connectivity index (χ0v) is 22.1. The summed E-state index contributed by atoms with van der Waals surface area (Å²) in [7, 11) is -2.63. The van der Waals surface area contributed by atoms with Gasteiger partial charge in [-0.3, -0.25) is 4.79 Å². The fourth-order valence-electron chi connectivity index (χ4n) is 4.68. The van der Waals surface area contributed by atoms with Crippen molar-refractivity contribution in [1.82, 2.24) is 14.5 Å². The monoisotopic (exact) mass is 548 g/mol. The Kier molecular flexibility index (Phi) is 7.36. The number of carbonyl (C=O) groups is 2. The third-order valence-electron chi connectivity index (χ3n) is 6.77. The second kappa shape index (κ2) is 10.9. The molecule has 202 valence electrons. The number of amides is 1. The highest BCUT2D eigenvalue weighted by Crippen LogP contribution is 2.29. The first-order valence-electron chi connectivity index (χ1n) is 12.5. The highest BCUT2D eigenvalue weighted by Gasteiger charge is 2.24. The number of aromatic nitrogens is 2. The summed E-state index contributed by atoms with van der Waals surface area (Å²) in [5.41, 5.74) is 8.18. The lowest BCUT2D eigenvalue weighted by Crippen LogP contribution is -2.30. The number of nitrogens with two attached hydrogens (primary N) is 1. The molecular formula is C28H28N4O6S. The van der Waals surface area contributed by atoms with Crippen molar-refractivity contribution in [3.05, 3.63) is 89.6 Å². The molecule has 3 N–H and O–H groups in total. The van der Waals surface area contributed by atoms with Crippen LogP contribution >= 0.6 is 0 Å². The molecule has 1 aromatic heterocycles. The van der Waals surface area contributed by atoms with Crippen molar-refractivity contribution in [1.29, 1.82) is 0 Å². The number of methoxy groups -OCH3 is 1. The van der Waals surface area contributed by atoms with Crippen LogP contribution in [0.2, 0.25) is 0 Å². The van der Waals surface area contributed by atoms with Crippen LogP contribution in [0.15, 0.2) is 77.8 Å². The van der Waals surface area contributed by atoms with Crippen molar-refractivity contribution in [2.75, 3.05) is 7.11 Å². The SMILES string of the molecule is COc1cc(C(=O)NS(=O)(=O)c2ccccc2)ccc1C(N)n1ncc2ccc(C(=O)OC3CCCC3)cc21. The minimum Gasteiger partial charge on any atom is -0.496 e. The Bertz CT molecular complexity index is 1630. The van der Waals surface area contributed by atoms with E-state index in [-0.39, 0.29) is 28.3 Å². The topological polar surface area (TPSA) is 143 Å². The lowest BCUT2D eigenvalue weighted by Gasteiger charge is -2.18. The van der Waals surface area contributed by atoms with E-state index in [1.165, 1.54) is 31.4 Å². The molecule has 1 fully saturated rings. The average molecular weight is 549 g/mol. The maximum absolute atomic E-state index is 12.8. The molecular weight excluding hydrogens is 520 g/mol. The van der Waals surface area contributed by atoms with Gasteiger partial charge in [-0.25, -0.2) is 22.6 Å². The number of hydrogen-bond donors (Lipinski definition) is 2. The van der Waals surface area contributed by atoms with Gasteiger partial charge in [-0.1, -0.05) is 30.3 Å². The van der Waals surface area contributed by atoms with Crippen LogP contribution in [0.25, 0.3) is 10.9 Å². The molecule has 0 bridgehead atoms. The van der Waals surface area contributed by atoms with E-state index in [2.05, 4.69) is 9.82 Å². The molecule has 39 heavy (non-hydrogen) atoms. The normalized spacial score (nSPS) is 14.7. The lowest BCUT2D eigenvalue weighted by molar-refractivity contribution is 0.0318. The Hall–Kier alpha value is -4.22. The molecule has 0 aliphatic heterocycles. The first kappa shape index (κ1) is 26.4. The van der Waals surface area contributed by atoms with Crippen molar-refractivity contribution in [2.45, 2.75) is 42.8 Å². The first-order chi connectivity index (χ1) is 18.8. The number of carbonyl (C=O) groups excluding carboxylic acids is 2. The third-order valence-corrected chi connectivity index (χ3v) is 8.12. The molecule has 1 aliphatic rings. The molecule has 4 aromatic rings. The predicted octanol–water partition coefficient (Wildman–Crippen LogP) is 3.77. The van der Waals surface area contributed by atoms with Crippen molar-refractivity contribution in [3.63, 3.8) is 0 Å². The molecule has 3 aromatic carbocycles. The smallest absolute Gasteiger partial charge is 0.338 e. The van der Waals surface area contributed by atoms with E-state index in [0.29, 0.717) is 16.6 Å². The zero-order chi connectivity index (χ0) is 27.6. The first-order valence-corrected chi connectivity index (χ1v) is 14.0. The van der Waals surface area contributed by atoms with Gasteiger partial charge in [-0.05, 0) is 62.1 Å². The fourth-order valence-corrected chi connectivity index (χ4v) is 5.68. The van der Waals surface area contributed by atoms with Gasteiger partial charge in [-0.15, -0.1) is 0 Å². The van der Waals surface area contributed by atoms with Crippen LogP contribution in [-0.4, -0.2) is 43.3 Å². The minimum atomic E-state index is -4.05. The van der Waals surface area contributed by atoms with Gasteiger partial charge in [0.15, 0.2) is 0 Å². The summed E-state index contributed by atoms with van der Waals surface area (Å²) in [6, 6.07) is 17.3. The number of ether oxygens (including phenoxy) is 2. The number of nitrogens with one attached hydrogen (secondary N) is 1. The number of benzene rings is 3. The maximum atomic E-state index is 12.8. The standard InChI is InChI=1S/C28H28N4O6S/c1-37-25-16-18(27(33)31-39(35,36)22-9-3-2-4-10-22)13-14-23(25)26(29)32-24-15-19(11-12-20(24)17-30-32)28(34)38-21-7-5-6-8-21/h2-4,9-17,21,26H,5-8,29H2,1H3,(H,31,33). The zero-order valence-electron chi connectivity index (χ0n) is 21.2. The largest absolute Gasteiger partial charge is 0.496 e. The summed E-state index contributed by atoms with van der Waals surface area (Å²) < 4.78 is 39.9. The summed E-state index contributed by atoms with van der Waals surface area (Å²) in [6.07, 6.45) is 4.63. The van der Waals surface area contributed by atoms with Gasteiger partial charge in [0.05, 0.1) is 29.3 Å². The summed E-state index contributed by atoms with van der Waals surface area (Å²) >= 11 is 0. The van der Waals surface area contributed by atoms with Crippen molar-refractivity contribution in [3.8, 4) is 5.75 Å². The summed E-state index contributed by atoms with van der Waals surface area (Å²) in [6.45, 7) is 0. The molecule has 1 atom stereocenters. The van der Waals surface area contributed by atoms with Gasteiger partial charge >= 0.3 is 5.97 Å². The van der Waals surface area contributed by atoms with E-state index in [4.69, 9.17) is 15.2 Å². The highest BCUT2D eigenvalue weighted by atomic mass is 32.2. The average Bonchev–Trinajstić information content (AvgIpc) is 3.62. The Balaban J connectivity index is 1.39. The Morgan fingerprint density at radius 3 is 2.46 bits per heavy atom. The van der Waals surface area contributed by atoms with Crippen molar-refractivity contribution >= 4 is 32.8 Å². The van der Waals surface area contributed by atoms with Gasteiger partial charge < -0.3 is 15.2 Å². The van der Waals surface area contributed by atoms with Crippen molar-refractivity contribution in [2.24, 2.45) is 5.73 Å². The van der Waals surface area contributed by atoms with Crippen molar-refractivity contribution < 1.29 is 27.5 Å². The number of nitrogens with zero attached hydrogens (tertiary/aromatic N) is 2. The van der Waals surface area contributed by atoms with Gasteiger partial charge in [0.2, 0.25) is 0 Å². The van der Waals surface area contributed by atoms with Crippen LogP contribution in [0, 0.1) is 0 Å². The summed E-state index contributed by atoms with van der Waals surface area (Å²) in [5, 5.41) is 5.20. The second-order valence-electron chi connectivity index (χ2n) is 9.32. The predicted molar refractivity (Wildman–Crippen MR) is 144 cm³/mol.